The Labute approximate surface area is 108 Å². The number of carbonyl (C=O) groups excluding carboxylic acids is 1. The van der Waals surface area contributed by atoms with Crippen LogP contribution in [-0.2, 0) is 11.2 Å². The van der Waals surface area contributed by atoms with Gasteiger partial charge in [-0.05, 0) is 50.8 Å². The molecule has 1 aliphatic rings. The number of aromatic hydroxyl groups is 1. The topological polar surface area (TPSA) is 40.5 Å². The zero-order chi connectivity index (χ0) is 13.1. The van der Waals surface area contributed by atoms with Gasteiger partial charge in [-0.2, -0.15) is 0 Å². The van der Waals surface area contributed by atoms with E-state index in [4.69, 9.17) is 0 Å². The fourth-order valence-electron chi connectivity index (χ4n) is 2.85. The first kappa shape index (κ1) is 12.9. The van der Waals surface area contributed by atoms with Gasteiger partial charge in [0.2, 0.25) is 5.91 Å². The first-order chi connectivity index (χ1) is 8.58. The lowest BCUT2D eigenvalue weighted by atomic mass is 9.96. The van der Waals surface area contributed by atoms with Crippen molar-refractivity contribution in [1.29, 1.82) is 0 Å². The van der Waals surface area contributed by atoms with E-state index in [1.165, 1.54) is 6.42 Å². The largest absolute Gasteiger partial charge is 0.508 e. The Morgan fingerprint density at radius 3 is 2.61 bits per heavy atom. The molecule has 1 saturated heterocycles. The van der Waals surface area contributed by atoms with Crippen molar-refractivity contribution in [2.24, 2.45) is 0 Å². The number of carbonyl (C=O) groups is 1. The van der Waals surface area contributed by atoms with E-state index in [0.717, 1.165) is 18.4 Å². The Bertz CT molecular complexity index is 420. The molecule has 3 nitrogen and oxygen atoms in total. The number of amides is 1. The second-order valence-corrected chi connectivity index (χ2v) is 5.28. The van der Waals surface area contributed by atoms with E-state index in [1.807, 2.05) is 11.0 Å². The van der Waals surface area contributed by atoms with Crippen molar-refractivity contribution in [2.45, 2.75) is 51.6 Å². The predicted molar refractivity (Wildman–Crippen MR) is 71.4 cm³/mol. The van der Waals surface area contributed by atoms with Gasteiger partial charge in [0.1, 0.15) is 5.75 Å². The van der Waals surface area contributed by atoms with Crippen LogP contribution >= 0.6 is 0 Å². The first-order valence-electron chi connectivity index (χ1n) is 6.67. The number of benzene rings is 1. The average molecular weight is 247 g/mol. The summed E-state index contributed by atoms with van der Waals surface area (Å²) in [5.41, 5.74) is 0.880. The molecular formula is C15H21NO2. The van der Waals surface area contributed by atoms with E-state index in [9.17, 15) is 9.90 Å². The summed E-state index contributed by atoms with van der Waals surface area (Å²) in [7, 11) is 0. The van der Waals surface area contributed by atoms with E-state index in [2.05, 4.69) is 13.8 Å². The fourth-order valence-corrected chi connectivity index (χ4v) is 2.85. The van der Waals surface area contributed by atoms with Crippen LogP contribution in [0.1, 0.15) is 38.7 Å². The summed E-state index contributed by atoms with van der Waals surface area (Å²) >= 11 is 0. The molecule has 0 bridgehead atoms. The third kappa shape index (κ3) is 2.84. The lowest BCUT2D eigenvalue weighted by molar-refractivity contribution is -0.136. The third-order valence-electron chi connectivity index (χ3n) is 3.75. The Kier molecular flexibility index (Phi) is 3.90. The minimum atomic E-state index is 0.167. The number of piperidine rings is 1. The smallest absolute Gasteiger partial charge is 0.227 e. The molecular weight excluding hydrogens is 226 g/mol. The van der Waals surface area contributed by atoms with Crippen LogP contribution in [-0.4, -0.2) is 28.0 Å². The molecule has 1 aromatic rings. The maximum absolute atomic E-state index is 12.3. The predicted octanol–water partition coefficient (Wildman–Crippen LogP) is 2.72. The van der Waals surface area contributed by atoms with E-state index < -0.39 is 0 Å². The summed E-state index contributed by atoms with van der Waals surface area (Å²) in [5.74, 6) is 0.389. The Morgan fingerprint density at radius 1 is 1.33 bits per heavy atom. The highest BCUT2D eigenvalue weighted by atomic mass is 16.3. The maximum Gasteiger partial charge on any atom is 0.227 e. The quantitative estimate of drug-likeness (QED) is 0.873. The molecule has 1 amide bonds. The standard InChI is InChI=1S/C15H21NO2/c1-11-5-3-6-12(2)16(11)15(18)10-13-7-4-8-14(17)9-13/h4,7-9,11-12,17H,3,5-6,10H2,1-2H3/t11-,12+. The van der Waals surface area contributed by atoms with Crippen molar-refractivity contribution in [3.8, 4) is 5.75 Å². The van der Waals surface area contributed by atoms with Crippen LogP contribution in [0.2, 0.25) is 0 Å². The first-order valence-corrected chi connectivity index (χ1v) is 6.67. The zero-order valence-corrected chi connectivity index (χ0v) is 11.1. The van der Waals surface area contributed by atoms with Gasteiger partial charge >= 0.3 is 0 Å². The van der Waals surface area contributed by atoms with Crippen molar-refractivity contribution in [3.05, 3.63) is 29.8 Å². The van der Waals surface area contributed by atoms with Crippen LogP contribution in [0.3, 0.4) is 0 Å². The van der Waals surface area contributed by atoms with Gasteiger partial charge in [-0.25, -0.2) is 0 Å². The molecule has 1 aromatic carbocycles. The highest BCUT2D eigenvalue weighted by Crippen LogP contribution is 2.23. The number of hydrogen-bond acceptors (Lipinski definition) is 2. The van der Waals surface area contributed by atoms with Crippen LogP contribution in [0, 0.1) is 0 Å². The molecule has 0 radical (unpaired) electrons. The summed E-state index contributed by atoms with van der Waals surface area (Å²) in [5, 5.41) is 9.42. The molecule has 2 rings (SSSR count). The minimum Gasteiger partial charge on any atom is -0.508 e. The van der Waals surface area contributed by atoms with Gasteiger partial charge in [-0.15, -0.1) is 0 Å². The summed E-state index contributed by atoms with van der Waals surface area (Å²) in [6, 6.07) is 7.62. The van der Waals surface area contributed by atoms with Gasteiger partial charge in [0.05, 0.1) is 6.42 Å². The Morgan fingerprint density at radius 2 is 2.00 bits per heavy atom. The second kappa shape index (κ2) is 5.42. The molecule has 18 heavy (non-hydrogen) atoms. The van der Waals surface area contributed by atoms with Gasteiger partial charge in [0.25, 0.3) is 0 Å². The normalized spacial score (nSPS) is 24.0. The van der Waals surface area contributed by atoms with Crippen molar-refractivity contribution in [2.75, 3.05) is 0 Å². The van der Waals surface area contributed by atoms with Crippen LogP contribution in [0.15, 0.2) is 24.3 Å². The molecule has 0 unspecified atom stereocenters. The van der Waals surface area contributed by atoms with Gasteiger partial charge in [0.15, 0.2) is 0 Å². The van der Waals surface area contributed by atoms with Crippen molar-refractivity contribution in [3.63, 3.8) is 0 Å². The number of phenolic OH excluding ortho intramolecular Hbond substituents is 1. The number of phenols is 1. The van der Waals surface area contributed by atoms with Crippen LogP contribution < -0.4 is 0 Å². The molecule has 1 heterocycles. The molecule has 1 N–H and O–H groups in total. The molecule has 1 aliphatic heterocycles. The van der Waals surface area contributed by atoms with Crippen LogP contribution in [0.25, 0.3) is 0 Å². The summed E-state index contributed by atoms with van der Waals surface area (Å²) in [6.45, 7) is 4.24. The van der Waals surface area contributed by atoms with Gasteiger partial charge in [-0.1, -0.05) is 12.1 Å². The third-order valence-corrected chi connectivity index (χ3v) is 3.75. The molecule has 0 aromatic heterocycles. The average Bonchev–Trinajstić information content (AvgIpc) is 2.28. The Balaban J connectivity index is 2.07. The number of nitrogens with zero attached hydrogens (tertiary/aromatic N) is 1. The number of likely N-dealkylation sites (tertiary alicyclic amines) is 1. The van der Waals surface area contributed by atoms with Crippen molar-refractivity contribution in [1.82, 2.24) is 4.90 Å². The Hall–Kier alpha value is -1.51. The molecule has 1 fully saturated rings. The highest BCUT2D eigenvalue weighted by Gasteiger charge is 2.28. The van der Waals surface area contributed by atoms with Gasteiger partial charge < -0.3 is 10.0 Å². The molecule has 0 spiro atoms. The minimum absolute atomic E-state index is 0.167. The second-order valence-electron chi connectivity index (χ2n) is 5.28. The van der Waals surface area contributed by atoms with E-state index >= 15 is 0 Å². The maximum atomic E-state index is 12.3. The SMILES string of the molecule is C[C@@H]1CCC[C@H](C)N1C(=O)Cc1cccc(O)c1. The lowest BCUT2D eigenvalue weighted by Gasteiger charge is -2.39. The molecule has 98 valence electrons. The highest BCUT2D eigenvalue weighted by molar-refractivity contribution is 5.79. The lowest BCUT2D eigenvalue weighted by Crippen LogP contribution is -2.48. The summed E-state index contributed by atoms with van der Waals surface area (Å²) < 4.78 is 0. The van der Waals surface area contributed by atoms with Gasteiger partial charge in [-0.3, -0.25) is 4.79 Å². The van der Waals surface area contributed by atoms with E-state index in [1.54, 1.807) is 18.2 Å². The molecule has 0 saturated carbocycles. The van der Waals surface area contributed by atoms with E-state index in [-0.39, 0.29) is 11.7 Å². The van der Waals surface area contributed by atoms with Gasteiger partial charge in [0, 0.05) is 12.1 Å². The number of rotatable bonds is 2. The molecule has 0 aliphatic carbocycles. The summed E-state index contributed by atoms with van der Waals surface area (Å²) in [6.07, 6.45) is 3.77. The van der Waals surface area contributed by atoms with E-state index in [0.29, 0.717) is 18.5 Å². The van der Waals surface area contributed by atoms with Crippen LogP contribution in [0.4, 0.5) is 0 Å². The van der Waals surface area contributed by atoms with Crippen LogP contribution in [0.5, 0.6) is 5.75 Å². The zero-order valence-electron chi connectivity index (χ0n) is 11.1. The molecule has 3 heteroatoms. The monoisotopic (exact) mass is 247 g/mol. The fraction of sp³-hybridized carbons (Fsp3) is 0.533. The molecule has 2 atom stereocenters. The van der Waals surface area contributed by atoms with Crippen molar-refractivity contribution >= 4 is 5.91 Å². The van der Waals surface area contributed by atoms with Crippen molar-refractivity contribution < 1.29 is 9.90 Å². The summed E-state index contributed by atoms with van der Waals surface area (Å²) in [4.78, 5) is 14.4. The number of hydrogen-bond donors (Lipinski definition) is 1.